The second-order valence-corrected chi connectivity index (χ2v) is 13.1. The molecule has 0 atom stereocenters. The van der Waals surface area contributed by atoms with Gasteiger partial charge in [0, 0.05) is 47.3 Å². The van der Waals surface area contributed by atoms with Crippen LogP contribution in [0.4, 0.5) is 36.4 Å². The molecule has 1 saturated carbocycles. The number of halogens is 4. The fourth-order valence-corrected chi connectivity index (χ4v) is 4.90. The fourth-order valence-electron chi connectivity index (χ4n) is 4.78. The zero-order valence-corrected chi connectivity index (χ0v) is 29.0. The third-order valence-corrected chi connectivity index (χ3v) is 8.00. The van der Waals surface area contributed by atoms with Crippen molar-refractivity contribution in [1.29, 1.82) is 0 Å². The van der Waals surface area contributed by atoms with Crippen molar-refractivity contribution in [2.24, 2.45) is 5.41 Å². The molecule has 0 spiro atoms. The molecule has 2 aromatic heterocycles. The minimum Gasteiger partial charge on any atom is -0.481 e. The van der Waals surface area contributed by atoms with Crippen molar-refractivity contribution in [3.05, 3.63) is 83.0 Å². The van der Waals surface area contributed by atoms with Crippen molar-refractivity contribution in [3.63, 3.8) is 0 Å². The number of nitrogens with one attached hydrogen (secondary N) is 5. The second-order valence-electron chi connectivity index (χ2n) is 12.7. The number of benzene rings is 2. The summed E-state index contributed by atoms with van der Waals surface area (Å²) in [5.41, 5.74) is 0.841. The van der Waals surface area contributed by atoms with Crippen LogP contribution in [0, 0.1) is 5.41 Å². The van der Waals surface area contributed by atoms with E-state index in [1.165, 1.54) is 37.6 Å². The lowest BCUT2D eigenvalue weighted by Gasteiger charge is -2.25. The first-order valence-corrected chi connectivity index (χ1v) is 16.2. The van der Waals surface area contributed by atoms with E-state index in [9.17, 15) is 27.6 Å². The van der Waals surface area contributed by atoms with E-state index in [1.807, 2.05) is 12.1 Å². The first kappa shape index (κ1) is 37.5. The third kappa shape index (κ3) is 10.6. The lowest BCUT2D eigenvalue weighted by molar-refractivity contribution is -0.154. The Morgan fingerprint density at radius 1 is 0.865 bits per heavy atom. The summed E-state index contributed by atoms with van der Waals surface area (Å²) >= 11 is 6.03. The molecule has 0 saturated heterocycles. The van der Waals surface area contributed by atoms with Gasteiger partial charge in [0.25, 0.3) is 5.91 Å². The summed E-state index contributed by atoms with van der Waals surface area (Å²) in [7, 11) is 1.43. The van der Waals surface area contributed by atoms with Gasteiger partial charge in [-0.15, -0.1) is 0 Å². The zero-order chi connectivity index (χ0) is 37.5. The van der Waals surface area contributed by atoms with Crippen molar-refractivity contribution >= 4 is 52.6 Å². The Balaban J connectivity index is 1.17. The molecule has 3 amide bonds. The highest BCUT2D eigenvalue weighted by atomic mass is 35.5. The van der Waals surface area contributed by atoms with Crippen LogP contribution in [-0.2, 0) is 15.1 Å². The Kier molecular flexibility index (Phi) is 11.3. The molecule has 18 heteroatoms. The summed E-state index contributed by atoms with van der Waals surface area (Å²) in [5.74, 6) is -1.94. The van der Waals surface area contributed by atoms with Gasteiger partial charge >= 0.3 is 24.0 Å². The molecule has 52 heavy (non-hydrogen) atoms. The summed E-state index contributed by atoms with van der Waals surface area (Å²) in [5, 5.41) is 14.5. The predicted octanol–water partition coefficient (Wildman–Crippen LogP) is 5.23. The Morgan fingerprint density at radius 2 is 1.54 bits per heavy atom. The van der Waals surface area contributed by atoms with Crippen LogP contribution in [-0.4, -0.2) is 70.6 Å². The zero-order valence-electron chi connectivity index (χ0n) is 28.2. The van der Waals surface area contributed by atoms with Crippen LogP contribution in [0.2, 0.25) is 5.02 Å². The highest BCUT2D eigenvalue weighted by molar-refractivity contribution is 6.39. The van der Waals surface area contributed by atoms with Gasteiger partial charge in [0.1, 0.15) is 0 Å². The molecule has 0 aliphatic heterocycles. The van der Waals surface area contributed by atoms with Crippen LogP contribution in [0.25, 0.3) is 0 Å². The summed E-state index contributed by atoms with van der Waals surface area (Å²) in [6.45, 7) is 2.26. The smallest absolute Gasteiger partial charge is 0.422 e. The molecule has 1 aliphatic carbocycles. The number of carbonyl (C=O) groups excluding carboxylic acids is 3. The maximum absolute atomic E-state index is 12.9. The number of ether oxygens (including phenoxy) is 2. The van der Waals surface area contributed by atoms with Crippen LogP contribution >= 0.6 is 11.6 Å². The van der Waals surface area contributed by atoms with Crippen molar-refractivity contribution in [2.45, 2.75) is 38.4 Å². The van der Waals surface area contributed by atoms with Crippen molar-refractivity contribution in [1.82, 2.24) is 30.6 Å². The van der Waals surface area contributed by atoms with E-state index >= 15 is 0 Å². The highest BCUT2D eigenvalue weighted by Gasteiger charge is 2.45. The lowest BCUT2D eigenvalue weighted by atomic mass is 9.93. The number of nitrogens with zero attached hydrogens (tertiary/aromatic N) is 4. The third-order valence-electron chi connectivity index (χ3n) is 7.74. The number of pyridine rings is 1. The fraction of sp³-hybridized carbons (Fsp3) is 0.324. The van der Waals surface area contributed by atoms with E-state index < -0.39 is 47.5 Å². The number of carbonyl (C=O) groups is 3. The SMILES string of the molecule is COc1cc(NC(=O)C(=O)NCC(C)(C)CNC(=O)c2ccc(Nc3nc(NC4(c5ccc(Cl)cc5)CC4)nc(OCC(F)(F)F)n3)cc2)ccn1. The Bertz CT molecular complexity index is 1910. The molecule has 2 heterocycles. The van der Waals surface area contributed by atoms with E-state index in [4.69, 9.17) is 21.1 Å². The minimum absolute atomic E-state index is 0.00645. The van der Waals surface area contributed by atoms with E-state index in [0.717, 1.165) is 18.4 Å². The molecule has 5 rings (SSSR count). The summed E-state index contributed by atoms with van der Waals surface area (Å²) in [6.07, 6.45) is -1.72. The van der Waals surface area contributed by atoms with Crippen LogP contribution in [0.5, 0.6) is 11.9 Å². The molecular weight excluding hydrogens is 707 g/mol. The monoisotopic (exact) mass is 741 g/mol. The average Bonchev–Trinajstić information content (AvgIpc) is 3.89. The minimum atomic E-state index is -4.61. The Labute approximate surface area is 301 Å². The molecule has 14 nitrogen and oxygen atoms in total. The average molecular weight is 742 g/mol. The number of methoxy groups -OCH3 is 1. The van der Waals surface area contributed by atoms with Gasteiger partial charge in [-0.1, -0.05) is 37.6 Å². The lowest BCUT2D eigenvalue weighted by Crippen LogP contribution is -2.44. The summed E-state index contributed by atoms with van der Waals surface area (Å²) < 4.78 is 48.6. The standard InChI is InChI=1S/C34H35ClF3N9O5/c1-32(2,18-41-27(49)28(50)42-24-12-15-39-25(16-24)51-3)17-40-26(48)20-4-10-23(11-5-20)43-29-44-30(46-31(45-29)52-19-34(36,37)38)47-33(13-14-33)21-6-8-22(35)9-7-21/h4-12,15-16H,13-14,17-19H2,1-3H3,(H,40,48)(H,41,49)(H,39,42,50)(H2,43,44,45,46,47). The van der Waals surface area contributed by atoms with E-state index in [1.54, 1.807) is 38.1 Å². The Morgan fingerprint density at radius 3 is 2.19 bits per heavy atom. The largest absolute Gasteiger partial charge is 0.481 e. The maximum Gasteiger partial charge on any atom is 0.422 e. The number of aromatic nitrogens is 4. The van der Waals surface area contributed by atoms with Crippen LogP contribution < -0.4 is 36.1 Å². The van der Waals surface area contributed by atoms with Crippen LogP contribution in [0.1, 0.15) is 42.6 Å². The molecule has 0 bridgehead atoms. The van der Waals surface area contributed by atoms with Crippen molar-refractivity contribution in [2.75, 3.05) is 42.8 Å². The first-order chi connectivity index (χ1) is 24.6. The first-order valence-electron chi connectivity index (χ1n) is 15.9. The number of anilines is 4. The van der Waals surface area contributed by atoms with Gasteiger partial charge in [-0.3, -0.25) is 14.4 Å². The van der Waals surface area contributed by atoms with E-state index in [0.29, 0.717) is 22.0 Å². The number of rotatable bonds is 14. The molecule has 4 aromatic rings. The molecule has 5 N–H and O–H groups in total. The van der Waals surface area contributed by atoms with Gasteiger partial charge < -0.3 is 36.1 Å². The number of hydrogen-bond acceptors (Lipinski definition) is 11. The summed E-state index contributed by atoms with van der Waals surface area (Å²) in [6, 6.07) is 15.8. The van der Waals surface area contributed by atoms with Gasteiger partial charge in [0.15, 0.2) is 6.61 Å². The molecule has 0 radical (unpaired) electrons. The van der Waals surface area contributed by atoms with Gasteiger partial charge in [-0.05, 0) is 66.3 Å². The van der Waals surface area contributed by atoms with Gasteiger partial charge in [0.05, 0.1) is 12.6 Å². The maximum atomic E-state index is 12.9. The number of alkyl halides is 3. The quantitative estimate of drug-likeness (QED) is 0.107. The number of amides is 3. The van der Waals surface area contributed by atoms with E-state index in [2.05, 4.69) is 46.5 Å². The van der Waals surface area contributed by atoms with Crippen molar-refractivity contribution < 1.29 is 37.0 Å². The van der Waals surface area contributed by atoms with Crippen LogP contribution in [0.3, 0.4) is 0 Å². The topological polar surface area (TPSA) is 181 Å². The summed E-state index contributed by atoms with van der Waals surface area (Å²) in [4.78, 5) is 54.0. The molecule has 2 aromatic carbocycles. The highest BCUT2D eigenvalue weighted by Crippen LogP contribution is 2.48. The molecular formula is C34H35ClF3N9O5. The molecule has 1 aliphatic rings. The van der Waals surface area contributed by atoms with Gasteiger partial charge in [-0.2, -0.15) is 28.1 Å². The molecule has 274 valence electrons. The number of hydrogen-bond donors (Lipinski definition) is 5. The van der Waals surface area contributed by atoms with E-state index in [-0.39, 0.29) is 30.9 Å². The molecule has 0 unspecified atom stereocenters. The normalized spacial score (nSPS) is 13.4. The second kappa shape index (κ2) is 15.7. The van der Waals surface area contributed by atoms with Gasteiger partial charge in [-0.25, -0.2) is 4.98 Å². The predicted molar refractivity (Wildman–Crippen MR) is 186 cm³/mol. The molecule has 1 fully saturated rings. The van der Waals surface area contributed by atoms with Crippen molar-refractivity contribution in [3.8, 4) is 11.9 Å². The van der Waals surface area contributed by atoms with Gasteiger partial charge in [0.2, 0.25) is 17.8 Å². The Hall–Kier alpha value is -5.71. The van der Waals surface area contributed by atoms with Crippen LogP contribution in [0.15, 0.2) is 66.9 Å².